The highest BCUT2D eigenvalue weighted by molar-refractivity contribution is 5.83. The molecule has 3 N–H and O–H groups in total. The summed E-state index contributed by atoms with van der Waals surface area (Å²) in [6.45, 7) is 3.74. The molecular formula is C11H22N2O3. The van der Waals surface area contributed by atoms with Crippen molar-refractivity contribution in [1.29, 1.82) is 0 Å². The number of nitrogens with zero attached hydrogens (tertiary/aromatic N) is 1. The number of rotatable bonds is 7. The summed E-state index contributed by atoms with van der Waals surface area (Å²) in [5.41, 5.74) is 5.75. The first-order valence-corrected chi connectivity index (χ1v) is 5.68. The zero-order valence-electron chi connectivity index (χ0n) is 10.3. The Labute approximate surface area is 96.6 Å². The lowest BCUT2D eigenvalue weighted by atomic mass is 10.1. The molecule has 0 aromatic rings. The van der Waals surface area contributed by atoms with Crippen LogP contribution in [0.15, 0.2) is 0 Å². The van der Waals surface area contributed by atoms with Gasteiger partial charge in [0.05, 0.1) is 0 Å². The third kappa shape index (κ3) is 4.61. The van der Waals surface area contributed by atoms with E-state index in [2.05, 4.69) is 0 Å². The van der Waals surface area contributed by atoms with E-state index in [0.717, 1.165) is 12.8 Å². The summed E-state index contributed by atoms with van der Waals surface area (Å²) in [7, 11) is 1.52. The van der Waals surface area contributed by atoms with Crippen molar-refractivity contribution in [2.24, 2.45) is 5.73 Å². The highest BCUT2D eigenvalue weighted by Gasteiger charge is 2.25. The van der Waals surface area contributed by atoms with Crippen LogP contribution in [0.5, 0.6) is 0 Å². The first kappa shape index (κ1) is 14.9. The molecule has 0 rings (SSSR count). The fourth-order valence-corrected chi connectivity index (χ4v) is 1.63. The highest BCUT2D eigenvalue weighted by atomic mass is 16.4. The van der Waals surface area contributed by atoms with Crippen LogP contribution in [0.3, 0.4) is 0 Å². The normalized spacial score (nSPS) is 14.2. The number of hydrogen-bond donors (Lipinski definition) is 2. The number of amides is 1. The Morgan fingerprint density at radius 2 is 1.94 bits per heavy atom. The van der Waals surface area contributed by atoms with E-state index in [1.165, 1.54) is 11.9 Å². The maximum absolute atomic E-state index is 11.7. The van der Waals surface area contributed by atoms with Gasteiger partial charge in [0.25, 0.3) is 0 Å². The first-order chi connectivity index (χ1) is 7.43. The Kier molecular flexibility index (Phi) is 6.72. The van der Waals surface area contributed by atoms with E-state index in [0.29, 0.717) is 6.42 Å². The molecule has 0 aromatic heterocycles. The summed E-state index contributed by atoms with van der Waals surface area (Å²) in [6, 6.07) is -0.924. The number of carbonyl (C=O) groups is 2. The molecule has 94 valence electrons. The highest BCUT2D eigenvalue weighted by Crippen LogP contribution is 2.07. The Balaban J connectivity index is 4.31. The summed E-state index contributed by atoms with van der Waals surface area (Å²) < 4.78 is 0. The molecular weight excluding hydrogens is 208 g/mol. The second kappa shape index (κ2) is 7.22. The monoisotopic (exact) mass is 230 g/mol. The summed E-state index contributed by atoms with van der Waals surface area (Å²) in [5, 5.41) is 8.90. The lowest BCUT2D eigenvalue weighted by Gasteiger charge is -2.25. The third-order valence-corrected chi connectivity index (χ3v) is 2.63. The van der Waals surface area contributed by atoms with Crippen molar-refractivity contribution in [3.63, 3.8) is 0 Å². The van der Waals surface area contributed by atoms with Gasteiger partial charge in [-0.15, -0.1) is 0 Å². The van der Waals surface area contributed by atoms with Crippen LogP contribution in [-0.4, -0.2) is 41.0 Å². The van der Waals surface area contributed by atoms with E-state index in [-0.39, 0.29) is 18.4 Å². The second-order valence-corrected chi connectivity index (χ2v) is 4.02. The average molecular weight is 230 g/mol. The molecule has 5 nitrogen and oxygen atoms in total. The molecule has 16 heavy (non-hydrogen) atoms. The van der Waals surface area contributed by atoms with Gasteiger partial charge in [-0.1, -0.05) is 20.3 Å². The van der Waals surface area contributed by atoms with Gasteiger partial charge in [0, 0.05) is 19.5 Å². The lowest BCUT2D eigenvalue weighted by molar-refractivity contribution is -0.149. The number of carbonyl (C=O) groups excluding carboxylic acids is 1. The van der Waals surface area contributed by atoms with E-state index in [1.54, 1.807) is 6.92 Å². The molecule has 0 aromatic carbocycles. The molecule has 1 amide bonds. The van der Waals surface area contributed by atoms with Gasteiger partial charge in [0.1, 0.15) is 6.04 Å². The number of hydrogen-bond acceptors (Lipinski definition) is 3. The van der Waals surface area contributed by atoms with Crippen LogP contribution < -0.4 is 5.73 Å². The van der Waals surface area contributed by atoms with Crippen molar-refractivity contribution in [2.75, 3.05) is 7.05 Å². The molecule has 0 bridgehead atoms. The smallest absolute Gasteiger partial charge is 0.326 e. The minimum atomic E-state index is -0.970. The van der Waals surface area contributed by atoms with Gasteiger partial charge in [0.2, 0.25) is 5.91 Å². The van der Waals surface area contributed by atoms with Crippen LogP contribution in [0.25, 0.3) is 0 Å². The zero-order chi connectivity index (χ0) is 12.7. The van der Waals surface area contributed by atoms with Gasteiger partial charge >= 0.3 is 5.97 Å². The predicted octanol–water partition coefficient (Wildman–Crippen LogP) is 0.825. The first-order valence-electron chi connectivity index (χ1n) is 5.68. The molecule has 0 saturated carbocycles. The maximum atomic E-state index is 11.7. The van der Waals surface area contributed by atoms with E-state index < -0.39 is 12.0 Å². The quantitative estimate of drug-likeness (QED) is 0.678. The van der Waals surface area contributed by atoms with Gasteiger partial charge in [-0.3, -0.25) is 4.79 Å². The van der Waals surface area contributed by atoms with E-state index in [9.17, 15) is 9.59 Å². The van der Waals surface area contributed by atoms with E-state index >= 15 is 0 Å². The predicted molar refractivity (Wildman–Crippen MR) is 62.0 cm³/mol. The van der Waals surface area contributed by atoms with Crippen molar-refractivity contribution < 1.29 is 14.7 Å². The molecule has 0 spiro atoms. The number of nitrogens with two attached hydrogens (primary N) is 1. The standard InChI is InChI=1S/C11H22N2O3/c1-4-6-8(12)7-10(14)13(3)9(5-2)11(15)16/h8-9H,4-7,12H2,1-3H3,(H,15,16). The molecule has 2 unspecified atom stereocenters. The van der Waals surface area contributed by atoms with Crippen LogP contribution in [0.2, 0.25) is 0 Å². The van der Waals surface area contributed by atoms with Crippen LogP contribution in [0.4, 0.5) is 0 Å². The van der Waals surface area contributed by atoms with Gasteiger partial charge in [-0.2, -0.15) is 0 Å². The number of carboxylic acid groups (broad SMARTS) is 1. The minimum absolute atomic E-state index is 0.175. The summed E-state index contributed by atoms with van der Waals surface area (Å²) in [6.07, 6.45) is 2.33. The zero-order valence-corrected chi connectivity index (χ0v) is 10.3. The maximum Gasteiger partial charge on any atom is 0.326 e. The molecule has 2 atom stereocenters. The average Bonchev–Trinajstić information content (AvgIpc) is 2.18. The topological polar surface area (TPSA) is 83.6 Å². The van der Waals surface area contributed by atoms with Crippen molar-refractivity contribution >= 4 is 11.9 Å². The SMILES string of the molecule is CCCC(N)CC(=O)N(C)C(CC)C(=O)O. The van der Waals surface area contributed by atoms with Crippen LogP contribution in [0.1, 0.15) is 39.5 Å². The molecule has 0 aliphatic carbocycles. The molecule has 0 saturated heterocycles. The van der Waals surface area contributed by atoms with Crippen LogP contribution >= 0.6 is 0 Å². The fourth-order valence-electron chi connectivity index (χ4n) is 1.63. The molecule has 0 aliphatic heterocycles. The Bertz CT molecular complexity index is 243. The van der Waals surface area contributed by atoms with Gasteiger partial charge < -0.3 is 15.7 Å². The van der Waals surface area contributed by atoms with Crippen molar-refractivity contribution in [2.45, 2.75) is 51.6 Å². The Morgan fingerprint density at radius 3 is 2.31 bits per heavy atom. The minimum Gasteiger partial charge on any atom is -0.480 e. The number of likely N-dealkylation sites (N-methyl/N-ethyl adjacent to an activating group) is 1. The molecule has 0 fully saturated rings. The lowest BCUT2D eigenvalue weighted by Crippen LogP contribution is -2.43. The number of carboxylic acids is 1. The Hall–Kier alpha value is -1.10. The largest absolute Gasteiger partial charge is 0.480 e. The van der Waals surface area contributed by atoms with Crippen molar-refractivity contribution in [3.8, 4) is 0 Å². The van der Waals surface area contributed by atoms with Gasteiger partial charge in [0.15, 0.2) is 0 Å². The summed E-state index contributed by atoms with van der Waals surface area (Å²) >= 11 is 0. The summed E-state index contributed by atoms with van der Waals surface area (Å²) in [4.78, 5) is 23.9. The van der Waals surface area contributed by atoms with Crippen molar-refractivity contribution in [1.82, 2.24) is 4.90 Å². The second-order valence-electron chi connectivity index (χ2n) is 4.02. The molecule has 0 aliphatic rings. The van der Waals surface area contributed by atoms with Crippen molar-refractivity contribution in [3.05, 3.63) is 0 Å². The van der Waals surface area contributed by atoms with Crippen LogP contribution in [-0.2, 0) is 9.59 Å². The third-order valence-electron chi connectivity index (χ3n) is 2.63. The molecule has 0 radical (unpaired) electrons. The molecule has 0 heterocycles. The Morgan fingerprint density at radius 1 is 1.38 bits per heavy atom. The fraction of sp³-hybridized carbons (Fsp3) is 0.818. The van der Waals surface area contributed by atoms with E-state index in [4.69, 9.17) is 10.8 Å². The van der Waals surface area contributed by atoms with E-state index in [1.807, 2.05) is 6.92 Å². The summed E-state index contributed by atoms with van der Waals surface area (Å²) in [5.74, 6) is -1.17. The molecule has 5 heteroatoms. The van der Waals surface area contributed by atoms with Gasteiger partial charge in [-0.05, 0) is 12.8 Å². The van der Waals surface area contributed by atoms with Gasteiger partial charge in [-0.25, -0.2) is 4.79 Å². The number of aliphatic carboxylic acids is 1. The van der Waals surface area contributed by atoms with Crippen LogP contribution in [0, 0.1) is 0 Å².